The molecule has 60 valence electrons. The molecule has 0 unspecified atom stereocenters. The van der Waals surface area contributed by atoms with Crippen LogP contribution in [0.3, 0.4) is 0 Å². The molecule has 2 nitrogen and oxygen atoms in total. The molecule has 1 aliphatic rings. The molecule has 0 radical (unpaired) electrons. The zero-order chi connectivity index (χ0) is 7.45. The Bertz CT molecular complexity index is 97.4. The summed E-state index contributed by atoms with van der Waals surface area (Å²) in [5.41, 5.74) is -0.449. The molecule has 0 aliphatic heterocycles. The highest BCUT2D eigenvalue weighted by Crippen LogP contribution is 2.31. The Kier molecular flexibility index (Phi) is 2.69. The molecular formula is C8H16O2. The van der Waals surface area contributed by atoms with Crippen molar-refractivity contribution < 1.29 is 9.84 Å². The summed E-state index contributed by atoms with van der Waals surface area (Å²) in [7, 11) is 0. The van der Waals surface area contributed by atoms with Crippen LogP contribution in [0.5, 0.6) is 0 Å². The molecule has 0 saturated heterocycles. The third-order valence-electron chi connectivity index (χ3n) is 2.00. The number of rotatable bonds is 4. The number of ether oxygens (including phenoxy) is 1. The highest BCUT2D eigenvalue weighted by Gasteiger charge is 2.34. The van der Waals surface area contributed by atoms with Crippen LogP contribution in [0.25, 0.3) is 0 Å². The van der Waals surface area contributed by atoms with Crippen molar-refractivity contribution in [2.75, 3.05) is 13.2 Å². The highest BCUT2D eigenvalue weighted by atomic mass is 16.5. The van der Waals surface area contributed by atoms with Crippen LogP contribution in [0, 0.1) is 0 Å². The van der Waals surface area contributed by atoms with Crippen LogP contribution < -0.4 is 0 Å². The molecule has 1 saturated carbocycles. The summed E-state index contributed by atoms with van der Waals surface area (Å²) in [4.78, 5) is 0. The number of aliphatic hydroxyl groups is 1. The molecule has 1 N–H and O–H groups in total. The maximum absolute atomic E-state index is 9.51. The monoisotopic (exact) mass is 144 g/mol. The van der Waals surface area contributed by atoms with E-state index in [0.717, 1.165) is 32.3 Å². The quantitative estimate of drug-likeness (QED) is 0.603. The minimum atomic E-state index is -0.449. The van der Waals surface area contributed by atoms with Crippen molar-refractivity contribution in [3.8, 4) is 0 Å². The second-order valence-electron chi connectivity index (χ2n) is 3.13. The summed E-state index contributed by atoms with van der Waals surface area (Å²) >= 11 is 0. The molecule has 0 bridgehead atoms. The van der Waals surface area contributed by atoms with Crippen LogP contribution in [-0.2, 0) is 4.74 Å². The van der Waals surface area contributed by atoms with Gasteiger partial charge in [-0.2, -0.15) is 0 Å². The van der Waals surface area contributed by atoms with Gasteiger partial charge in [0, 0.05) is 6.61 Å². The predicted octanol–water partition coefficient (Wildman–Crippen LogP) is 1.33. The Morgan fingerprint density at radius 3 is 2.60 bits per heavy atom. The van der Waals surface area contributed by atoms with Crippen molar-refractivity contribution in [2.24, 2.45) is 0 Å². The maximum atomic E-state index is 9.51. The average Bonchev–Trinajstić information content (AvgIpc) is 1.85. The third kappa shape index (κ3) is 1.96. The van der Waals surface area contributed by atoms with E-state index in [4.69, 9.17) is 4.74 Å². The lowest BCUT2D eigenvalue weighted by molar-refractivity contribution is -0.0955. The van der Waals surface area contributed by atoms with Crippen molar-refractivity contribution in [1.29, 1.82) is 0 Å². The van der Waals surface area contributed by atoms with Crippen LogP contribution in [0.4, 0.5) is 0 Å². The summed E-state index contributed by atoms with van der Waals surface area (Å²) in [6.45, 7) is 3.40. The van der Waals surface area contributed by atoms with Gasteiger partial charge in [0.2, 0.25) is 0 Å². The molecule has 0 atom stereocenters. The highest BCUT2D eigenvalue weighted by molar-refractivity contribution is 4.86. The topological polar surface area (TPSA) is 29.5 Å². The van der Waals surface area contributed by atoms with Gasteiger partial charge < -0.3 is 9.84 Å². The summed E-state index contributed by atoms with van der Waals surface area (Å²) in [5.74, 6) is 0. The van der Waals surface area contributed by atoms with Gasteiger partial charge in [-0.1, -0.05) is 6.92 Å². The number of hydrogen-bond acceptors (Lipinski definition) is 2. The zero-order valence-corrected chi connectivity index (χ0v) is 6.60. The van der Waals surface area contributed by atoms with E-state index in [0.29, 0.717) is 6.61 Å². The summed E-state index contributed by atoms with van der Waals surface area (Å²) < 4.78 is 5.24. The van der Waals surface area contributed by atoms with Crippen LogP contribution in [-0.4, -0.2) is 23.9 Å². The van der Waals surface area contributed by atoms with Crippen LogP contribution in [0.1, 0.15) is 32.6 Å². The average molecular weight is 144 g/mol. The van der Waals surface area contributed by atoms with E-state index in [-0.39, 0.29) is 0 Å². The Hall–Kier alpha value is -0.0800. The first-order valence-electron chi connectivity index (χ1n) is 4.07. The summed E-state index contributed by atoms with van der Waals surface area (Å²) in [6, 6.07) is 0. The predicted molar refractivity (Wildman–Crippen MR) is 39.9 cm³/mol. The SMILES string of the molecule is CCCOCC1(O)CCC1. The van der Waals surface area contributed by atoms with E-state index in [1.165, 1.54) is 0 Å². The van der Waals surface area contributed by atoms with Gasteiger partial charge in [-0.15, -0.1) is 0 Å². The van der Waals surface area contributed by atoms with E-state index in [2.05, 4.69) is 6.92 Å². The Labute approximate surface area is 62.2 Å². The Morgan fingerprint density at radius 1 is 1.50 bits per heavy atom. The van der Waals surface area contributed by atoms with Gasteiger partial charge in [-0.3, -0.25) is 0 Å². The van der Waals surface area contributed by atoms with Crippen LogP contribution in [0.15, 0.2) is 0 Å². The second-order valence-corrected chi connectivity index (χ2v) is 3.13. The van der Waals surface area contributed by atoms with Gasteiger partial charge >= 0.3 is 0 Å². The fraction of sp³-hybridized carbons (Fsp3) is 1.00. The van der Waals surface area contributed by atoms with Gasteiger partial charge in [0.15, 0.2) is 0 Å². The molecule has 0 amide bonds. The first-order valence-corrected chi connectivity index (χ1v) is 4.07. The molecule has 0 spiro atoms. The molecular weight excluding hydrogens is 128 g/mol. The van der Waals surface area contributed by atoms with Gasteiger partial charge in [-0.25, -0.2) is 0 Å². The fourth-order valence-corrected chi connectivity index (χ4v) is 1.14. The minimum Gasteiger partial charge on any atom is -0.387 e. The summed E-state index contributed by atoms with van der Waals surface area (Å²) in [5, 5.41) is 9.51. The Morgan fingerprint density at radius 2 is 2.20 bits per heavy atom. The first-order chi connectivity index (χ1) is 4.77. The van der Waals surface area contributed by atoms with E-state index in [1.807, 2.05) is 0 Å². The lowest BCUT2D eigenvalue weighted by Gasteiger charge is -2.36. The van der Waals surface area contributed by atoms with Gasteiger partial charge in [0.25, 0.3) is 0 Å². The molecule has 1 fully saturated rings. The molecule has 1 aliphatic carbocycles. The van der Waals surface area contributed by atoms with E-state index >= 15 is 0 Å². The van der Waals surface area contributed by atoms with E-state index in [9.17, 15) is 5.11 Å². The minimum absolute atomic E-state index is 0.449. The third-order valence-corrected chi connectivity index (χ3v) is 2.00. The van der Waals surface area contributed by atoms with Crippen LogP contribution >= 0.6 is 0 Å². The molecule has 10 heavy (non-hydrogen) atoms. The number of hydrogen-bond donors (Lipinski definition) is 1. The lowest BCUT2D eigenvalue weighted by Crippen LogP contribution is -2.41. The molecule has 0 aromatic carbocycles. The van der Waals surface area contributed by atoms with Gasteiger partial charge in [-0.05, 0) is 25.7 Å². The molecule has 0 heterocycles. The zero-order valence-electron chi connectivity index (χ0n) is 6.60. The molecule has 0 aromatic rings. The smallest absolute Gasteiger partial charge is 0.0880 e. The van der Waals surface area contributed by atoms with Crippen molar-refractivity contribution >= 4 is 0 Å². The second kappa shape index (κ2) is 3.35. The normalized spacial score (nSPS) is 22.2. The van der Waals surface area contributed by atoms with Crippen molar-refractivity contribution in [2.45, 2.75) is 38.2 Å². The van der Waals surface area contributed by atoms with E-state index < -0.39 is 5.60 Å². The van der Waals surface area contributed by atoms with Gasteiger partial charge in [0.05, 0.1) is 12.2 Å². The molecule has 2 heteroatoms. The molecule has 1 rings (SSSR count). The molecule has 0 aromatic heterocycles. The standard InChI is InChI=1S/C8H16O2/c1-2-6-10-7-8(9)4-3-5-8/h9H,2-7H2,1H3. The van der Waals surface area contributed by atoms with E-state index in [1.54, 1.807) is 0 Å². The Balaban J connectivity index is 2.01. The van der Waals surface area contributed by atoms with Crippen molar-refractivity contribution in [1.82, 2.24) is 0 Å². The maximum Gasteiger partial charge on any atom is 0.0880 e. The van der Waals surface area contributed by atoms with Gasteiger partial charge in [0.1, 0.15) is 0 Å². The first kappa shape index (κ1) is 8.02. The van der Waals surface area contributed by atoms with Crippen molar-refractivity contribution in [3.63, 3.8) is 0 Å². The van der Waals surface area contributed by atoms with Crippen LogP contribution in [0.2, 0.25) is 0 Å². The fourth-order valence-electron chi connectivity index (χ4n) is 1.14. The lowest BCUT2D eigenvalue weighted by atomic mass is 9.81. The largest absolute Gasteiger partial charge is 0.387 e. The summed E-state index contributed by atoms with van der Waals surface area (Å²) in [6.07, 6.45) is 4.05. The van der Waals surface area contributed by atoms with Crippen molar-refractivity contribution in [3.05, 3.63) is 0 Å².